The molecule has 0 saturated carbocycles. The molecule has 0 bridgehead atoms. The predicted molar refractivity (Wildman–Crippen MR) is 96.8 cm³/mol. The third-order valence-electron chi connectivity index (χ3n) is 4.05. The molecule has 0 atom stereocenters. The molecule has 2 N–H and O–H groups in total. The van der Waals surface area contributed by atoms with Gasteiger partial charge in [0.1, 0.15) is 0 Å². The Balaban J connectivity index is 0.00000192. The molecule has 0 amide bonds. The fraction of sp³-hybridized carbons (Fsp3) is 0.600. The van der Waals surface area contributed by atoms with Crippen molar-refractivity contribution < 1.29 is 0 Å². The van der Waals surface area contributed by atoms with Gasteiger partial charge in [0.2, 0.25) is 0 Å². The van der Waals surface area contributed by atoms with E-state index in [9.17, 15) is 0 Å². The molecule has 6 nitrogen and oxygen atoms in total. The van der Waals surface area contributed by atoms with E-state index >= 15 is 0 Å². The SMILES string of the molecule is CCn1cc(CN2CCCN(Cc3cnc(N)s3)CC2)cn1.Cl. The molecule has 3 rings (SSSR count). The Morgan fingerprint density at radius 1 is 1.13 bits per heavy atom. The van der Waals surface area contributed by atoms with E-state index in [1.807, 2.05) is 17.1 Å². The maximum atomic E-state index is 5.71. The molecule has 3 heterocycles. The van der Waals surface area contributed by atoms with Gasteiger partial charge in [-0.25, -0.2) is 4.98 Å². The Morgan fingerprint density at radius 2 is 1.87 bits per heavy atom. The summed E-state index contributed by atoms with van der Waals surface area (Å²) in [5.41, 5.74) is 7.02. The molecule has 1 aliphatic rings. The number of hydrogen-bond donors (Lipinski definition) is 1. The number of hydrogen-bond acceptors (Lipinski definition) is 6. The number of aryl methyl sites for hydroxylation is 1. The first kappa shape index (κ1) is 18.2. The third kappa shape index (κ3) is 5.17. The van der Waals surface area contributed by atoms with E-state index in [2.05, 4.69) is 33.0 Å². The minimum Gasteiger partial charge on any atom is -0.375 e. The van der Waals surface area contributed by atoms with Crippen LogP contribution in [0.3, 0.4) is 0 Å². The van der Waals surface area contributed by atoms with Crippen LogP contribution < -0.4 is 5.73 Å². The van der Waals surface area contributed by atoms with Crippen molar-refractivity contribution in [3.63, 3.8) is 0 Å². The topological polar surface area (TPSA) is 63.2 Å². The molecule has 2 aromatic rings. The van der Waals surface area contributed by atoms with Gasteiger partial charge in [0.15, 0.2) is 5.13 Å². The van der Waals surface area contributed by atoms with Gasteiger partial charge in [0.05, 0.1) is 6.20 Å². The van der Waals surface area contributed by atoms with Gasteiger partial charge in [-0.15, -0.1) is 23.7 Å². The van der Waals surface area contributed by atoms with Crippen molar-refractivity contribution in [3.05, 3.63) is 29.0 Å². The molecule has 1 aliphatic heterocycles. The first-order valence-corrected chi connectivity index (χ1v) is 8.71. The minimum atomic E-state index is 0. The van der Waals surface area contributed by atoms with Crippen molar-refractivity contribution in [2.24, 2.45) is 0 Å². The quantitative estimate of drug-likeness (QED) is 0.888. The summed E-state index contributed by atoms with van der Waals surface area (Å²) in [7, 11) is 0. The van der Waals surface area contributed by atoms with Gasteiger partial charge in [-0.1, -0.05) is 0 Å². The van der Waals surface area contributed by atoms with Crippen LogP contribution in [0.15, 0.2) is 18.6 Å². The first-order chi connectivity index (χ1) is 10.7. The number of thiazole rings is 1. The number of nitrogen functional groups attached to an aromatic ring is 1. The third-order valence-corrected chi connectivity index (χ3v) is 4.86. The average Bonchev–Trinajstić information content (AvgIpc) is 3.06. The maximum absolute atomic E-state index is 5.71. The zero-order valence-corrected chi connectivity index (χ0v) is 15.2. The summed E-state index contributed by atoms with van der Waals surface area (Å²) in [5, 5.41) is 5.02. The zero-order chi connectivity index (χ0) is 15.4. The predicted octanol–water partition coefficient (Wildman–Crippen LogP) is 2.07. The molecule has 1 saturated heterocycles. The van der Waals surface area contributed by atoms with Gasteiger partial charge in [0, 0.05) is 55.6 Å². The van der Waals surface area contributed by atoms with Crippen LogP contribution in [0.5, 0.6) is 0 Å². The van der Waals surface area contributed by atoms with E-state index in [1.54, 1.807) is 11.3 Å². The lowest BCUT2D eigenvalue weighted by molar-refractivity contribution is 0.248. The lowest BCUT2D eigenvalue weighted by Crippen LogP contribution is -2.30. The molecule has 0 aromatic carbocycles. The van der Waals surface area contributed by atoms with Crippen LogP contribution >= 0.6 is 23.7 Å². The molecule has 2 aromatic heterocycles. The average molecular weight is 357 g/mol. The van der Waals surface area contributed by atoms with Crippen LogP contribution in [0, 0.1) is 0 Å². The Bertz CT molecular complexity index is 598. The number of nitrogens with two attached hydrogens (primary N) is 1. The van der Waals surface area contributed by atoms with E-state index < -0.39 is 0 Å². The number of rotatable bonds is 5. The molecule has 0 unspecified atom stereocenters. The number of nitrogens with zero attached hydrogens (tertiary/aromatic N) is 5. The Morgan fingerprint density at radius 3 is 2.48 bits per heavy atom. The van der Waals surface area contributed by atoms with Crippen LogP contribution in [0.1, 0.15) is 23.8 Å². The zero-order valence-electron chi connectivity index (χ0n) is 13.5. The highest BCUT2D eigenvalue weighted by Crippen LogP contribution is 2.18. The molecule has 0 radical (unpaired) electrons. The number of halogens is 1. The summed E-state index contributed by atoms with van der Waals surface area (Å²) in [6.07, 6.45) is 7.26. The summed E-state index contributed by atoms with van der Waals surface area (Å²) in [4.78, 5) is 10.4. The van der Waals surface area contributed by atoms with Gasteiger partial charge < -0.3 is 5.73 Å². The number of anilines is 1. The van der Waals surface area contributed by atoms with Crippen molar-refractivity contribution in [2.45, 2.75) is 33.0 Å². The molecule has 128 valence electrons. The molecule has 1 fully saturated rings. The van der Waals surface area contributed by atoms with Crippen molar-refractivity contribution in [2.75, 3.05) is 31.9 Å². The Labute approximate surface area is 147 Å². The molecule has 8 heteroatoms. The first-order valence-electron chi connectivity index (χ1n) is 7.89. The second-order valence-electron chi connectivity index (χ2n) is 5.77. The normalized spacial score (nSPS) is 16.9. The van der Waals surface area contributed by atoms with Gasteiger partial charge in [-0.05, 0) is 26.4 Å². The second kappa shape index (κ2) is 8.63. The highest BCUT2D eigenvalue weighted by atomic mass is 35.5. The Kier molecular flexibility index (Phi) is 6.83. The van der Waals surface area contributed by atoms with Crippen LogP contribution in [0.25, 0.3) is 0 Å². The summed E-state index contributed by atoms with van der Waals surface area (Å²) in [6, 6.07) is 0. The van der Waals surface area contributed by atoms with Gasteiger partial charge >= 0.3 is 0 Å². The van der Waals surface area contributed by atoms with Crippen LogP contribution in [-0.4, -0.2) is 50.7 Å². The van der Waals surface area contributed by atoms with Gasteiger partial charge in [0.25, 0.3) is 0 Å². The smallest absolute Gasteiger partial charge is 0.180 e. The van der Waals surface area contributed by atoms with E-state index in [0.717, 1.165) is 45.8 Å². The van der Waals surface area contributed by atoms with Gasteiger partial charge in [-0.2, -0.15) is 5.10 Å². The fourth-order valence-electron chi connectivity index (χ4n) is 2.88. The van der Waals surface area contributed by atoms with E-state index in [-0.39, 0.29) is 12.4 Å². The highest BCUT2D eigenvalue weighted by Gasteiger charge is 2.16. The summed E-state index contributed by atoms with van der Waals surface area (Å²) >= 11 is 1.60. The van der Waals surface area contributed by atoms with E-state index in [0.29, 0.717) is 5.13 Å². The molecule has 0 spiro atoms. The van der Waals surface area contributed by atoms with Crippen molar-refractivity contribution in [1.82, 2.24) is 24.6 Å². The largest absolute Gasteiger partial charge is 0.375 e. The molecular formula is C15H25ClN6S. The maximum Gasteiger partial charge on any atom is 0.180 e. The minimum absolute atomic E-state index is 0. The Hall–Kier alpha value is -1.15. The van der Waals surface area contributed by atoms with Crippen LogP contribution in [0.4, 0.5) is 5.13 Å². The van der Waals surface area contributed by atoms with E-state index in [4.69, 9.17) is 5.73 Å². The molecular weight excluding hydrogens is 332 g/mol. The van der Waals surface area contributed by atoms with Crippen molar-refractivity contribution in [3.8, 4) is 0 Å². The van der Waals surface area contributed by atoms with Crippen molar-refractivity contribution >= 4 is 28.9 Å². The molecule has 23 heavy (non-hydrogen) atoms. The monoisotopic (exact) mass is 356 g/mol. The van der Waals surface area contributed by atoms with Crippen molar-refractivity contribution in [1.29, 1.82) is 0 Å². The van der Waals surface area contributed by atoms with Crippen LogP contribution in [-0.2, 0) is 19.6 Å². The number of aromatic nitrogens is 3. The van der Waals surface area contributed by atoms with Gasteiger partial charge in [-0.3, -0.25) is 14.5 Å². The lowest BCUT2D eigenvalue weighted by atomic mass is 10.3. The summed E-state index contributed by atoms with van der Waals surface area (Å²) < 4.78 is 1.99. The highest BCUT2D eigenvalue weighted by molar-refractivity contribution is 7.15. The summed E-state index contributed by atoms with van der Waals surface area (Å²) in [5.74, 6) is 0. The fourth-order valence-corrected chi connectivity index (χ4v) is 3.60. The van der Waals surface area contributed by atoms with E-state index in [1.165, 1.54) is 16.9 Å². The standard InChI is InChI=1S/C15H24N6S.ClH/c1-2-21-11-13(8-18-21)10-19-4-3-5-20(7-6-19)12-14-9-17-15(16)22-14;/h8-9,11H,2-7,10,12H2,1H3,(H2,16,17);1H. The van der Waals surface area contributed by atoms with Crippen LogP contribution in [0.2, 0.25) is 0 Å². The summed E-state index contributed by atoms with van der Waals surface area (Å²) in [6.45, 7) is 9.52. The second-order valence-corrected chi connectivity index (χ2v) is 6.92. The lowest BCUT2D eigenvalue weighted by Gasteiger charge is -2.20. The molecule has 0 aliphatic carbocycles.